The summed E-state index contributed by atoms with van der Waals surface area (Å²) in [6.07, 6.45) is 4.31. The molecular formula is C16H20N2O3S. The standard InChI is InChI=1S/C16H20N2O3S/c1-4-12-18(13-5-2)16(19)17-22(20,21)15(6-3)14-10-8-7-9-11-14/h4-11,15H,1-3,12-13H2,(H,17,19). The Kier molecular flexibility index (Phi) is 6.59. The molecule has 0 aliphatic rings. The number of nitrogens with zero attached hydrogens (tertiary/aromatic N) is 1. The molecule has 0 bridgehead atoms. The molecule has 5 nitrogen and oxygen atoms in total. The third-order valence-corrected chi connectivity index (χ3v) is 4.48. The van der Waals surface area contributed by atoms with Crippen LogP contribution in [0.4, 0.5) is 4.79 Å². The zero-order valence-corrected chi connectivity index (χ0v) is 13.1. The van der Waals surface area contributed by atoms with E-state index in [-0.39, 0.29) is 13.1 Å². The Morgan fingerprint density at radius 3 is 2.14 bits per heavy atom. The van der Waals surface area contributed by atoms with Gasteiger partial charge in [0.1, 0.15) is 5.25 Å². The monoisotopic (exact) mass is 320 g/mol. The molecule has 0 aliphatic heterocycles. The van der Waals surface area contributed by atoms with E-state index < -0.39 is 21.3 Å². The lowest BCUT2D eigenvalue weighted by Crippen LogP contribution is -2.44. The molecule has 1 aromatic carbocycles. The van der Waals surface area contributed by atoms with Crippen molar-refractivity contribution in [1.29, 1.82) is 0 Å². The first-order valence-corrected chi connectivity index (χ1v) is 8.20. The average Bonchev–Trinajstić information content (AvgIpc) is 2.48. The second-order valence-electron chi connectivity index (χ2n) is 4.50. The molecule has 1 rings (SSSR count). The summed E-state index contributed by atoms with van der Waals surface area (Å²) in [6, 6.07) is 7.85. The molecule has 0 fully saturated rings. The summed E-state index contributed by atoms with van der Waals surface area (Å²) >= 11 is 0. The van der Waals surface area contributed by atoms with Gasteiger partial charge in [-0.05, 0) is 5.56 Å². The number of nitrogens with one attached hydrogen (secondary N) is 1. The Morgan fingerprint density at radius 1 is 1.14 bits per heavy atom. The van der Waals surface area contributed by atoms with Crippen LogP contribution in [0.1, 0.15) is 10.8 Å². The summed E-state index contributed by atoms with van der Waals surface area (Å²) in [7, 11) is -3.93. The van der Waals surface area contributed by atoms with Crippen molar-refractivity contribution < 1.29 is 13.2 Å². The predicted molar refractivity (Wildman–Crippen MR) is 88.8 cm³/mol. The topological polar surface area (TPSA) is 66.5 Å². The number of sulfonamides is 1. The van der Waals surface area contributed by atoms with E-state index in [1.807, 2.05) is 0 Å². The van der Waals surface area contributed by atoms with Crippen molar-refractivity contribution in [2.45, 2.75) is 5.25 Å². The van der Waals surface area contributed by atoms with Crippen LogP contribution in [0.5, 0.6) is 0 Å². The van der Waals surface area contributed by atoms with Gasteiger partial charge < -0.3 is 4.90 Å². The van der Waals surface area contributed by atoms with Gasteiger partial charge in [-0.3, -0.25) is 0 Å². The lowest BCUT2D eigenvalue weighted by Gasteiger charge is -2.22. The van der Waals surface area contributed by atoms with Crippen molar-refractivity contribution >= 4 is 16.1 Å². The van der Waals surface area contributed by atoms with E-state index >= 15 is 0 Å². The van der Waals surface area contributed by atoms with Crippen molar-refractivity contribution in [3.8, 4) is 0 Å². The fourth-order valence-electron chi connectivity index (χ4n) is 1.89. The van der Waals surface area contributed by atoms with Crippen LogP contribution in [0.3, 0.4) is 0 Å². The van der Waals surface area contributed by atoms with Gasteiger partial charge in [0.25, 0.3) is 0 Å². The van der Waals surface area contributed by atoms with Gasteiger partial charge in [0.05, 0.1) is 0 Å². The highest BCUT2D eigenvalue weighted by atomic mass is 32.2. The van der Waals surface area contributed by atoms with Gasteiger partial charge in [0, 0.05) is 13.1 Å². The van der Waals surface area contributed by atoms with Gasteiger partial charge in [0.15, 0.2) is 0 Å². The Labute approximate surface area is 131 Å². The molecule has 0 radical (unpaired) electrons. The Morgan fingerprint density at radius 2 is 1.68 bits per heavy atom. The molecule has 0 spiro atoms. The molecule has 6 heteroatoms. The van der Waals surface area contributed by atoms with E-state index in [0.29, 0.717) is 5.56 Å². The van der Waals surface area contributed by atoms with Crippen LogP contribution >= 0.6 is 0 Å². The number of carbonyl (C=O) groups is 1. The number of rotatable bonds is 8. The maximum absolute atomic E-state index is 12.4. The van der Waals surface area contributed by atoms with Gasteiger partial charge in [0.2, 0.25) is 10.0 Å². The summed E-state index contributed by atoms with van der Waals surface area (Å²) in [5.74, 6) is 0. The summed E-state index contributed by atoms with van der Waals surface area (Å²) in [5.41, 5.74) is 0.539. The molecule has 1 N–H and O–H groups in total. The number of carbonyl (C=O) groups excluding carboxylic acids is 1. The van der Waals surface area contributed by atoms with Crippen LogP contribution in [0.2, 0.25) is 0 Å². The lowest BCUT2D eigenvalue weighted by atomic mass is 10.1. The van der Waals surface area contributed by atoms with Crippen molar-refractivity contribution in [3.63, 3.8) is 0 Å². The van der Waals surface area contributed by atoms with Crippen LogP contribution in [0.15, 0.2) is 68.3 Å². The average molecular weight is 320 g/mol. The SMILES string of the molecule is C=CCN(CC=C)C(=O)NS(=O)(=O)C(C=C)c1ccccc1. The molecular weight excluding hydrogens is 300 g/mol. The van der Waals surface area contributed by atoms with Gasteiger partial charge >= 0.3 is 6.03 Å². The smallest absolute Gasteiger partial charge is 0.317 e. The molecule has 22 heavy (non-hydrogen) atoms. The van der Waals surface area contributed by atoms with Crippen molar-refractivity contribution in [2.75, 3.05) is 13.1 Å². The molecule has 1 unspecified atom stereocenters. The summed E-state index contributed by atoms with van der Waals surface area (Å²) in [5, 5.41) is -1.01. The van der Waals surface area contributed by atoms with Gasteiger partial charge in [-0.2, -0.15) is 0 Å². The van der Waals surface area contributed by atoms with E-state index in [1.165, 1.54) is 23.1 Å². The number of urea groups is 1. The van der Waals surface area contributed by atoms with Crippen molar-refractivity contribution in [1.82, 2.24) is 9.62 Å². The fraction of sp³-hybridized carbons (Fsp3) is 0.188. The summed E-state index contributed by atoms with van der Waals surface area (Å²) in [6.45, 7) is 11.1. The largest absolute Gasteiger partial charge is 0.331 e. The third kappa shape index (κ3) is 4.60. The Hall–Kier alpha value is -2.34. The highest BCUT2D eigenvalue weighted by Crippen LogP contribution is 2.22. The van der Waals surface area contributed by atoms with E-state index in [4.69, 9.17) is 0 Å². The van der Waals surface area contributed by atoms with Crippen molar-refractivity contribution in [2.24, 2.45) is 0 Å². The maximum Gasteiger partial charge on any atom is 0.331 e. The zero-order chi connectivity index (χ0) is 16.6. The molecule has 0 saturated heterocycles. The highest BCUT2D eigenvalue weighted by Gasteiger charge is 2.27. The maximum atomic E-state index is 12.4. The minimum Gasteiger partial charge on any atom is -0.317 e. The van der Waals surface area contributed by atoms with Crippen molar-refractivity contribution in [3.05, 3.63) is 73.9 Å². The van der Waals surface area contributed by atoms with Gasteiger partial charge in [-0.25, -0.2) is 17.9 Å². The Bertz CT molecular complexity index is 629. The van der Waals surface area contributed by atoms with E-state index in [2.05, 4.69) is 24.5 Å². The molecule has 1 atom stereocenters. The third-order valence-electron chi connectivity index (χ3n) is 2.89. The molecule has 1 aromatic rings. The molecule has 0 heterocycles. The van der Waals surface area contributed by atoms with Gasteiger partial charge in [-0.15, -0.1) is 19.7 Å². The predicted octanol–water partition coefficient (Wildman–Crippen LogP) is 2.63. The molecule has 2 amide bonds. The second kappa shape index (κ2) is 8.19. The fourth-order valence-corrected chi connectivity index (χ4v) is 3.15. The van der Waals surface area contributed by atoms with Crippen LogP contribution in [0, 0.1) is 0 Å². The van der Waals surface area contributed by atoms with Gasteiger partial charge in [-0.1, -0.05) is 48.6 Å². The zero-order valence-electron chi connectivity index (χ0n) is 12.3. The van der Waals surface area contributed by atoms with Crippen LogP contribution in [-0.4, -0.2) is 32.4 Å². The first-order valence-electron chi connectivity index (χ1n) is 6.66. The first kappa shape index (κ1) is 17.7. The lowest BCUT2D eigenvalue weighted by molar-refractivity contribution is 0.214. The molecule has 0 saturated carbocycles. The first-order chi connectivity index (χ1) is 10.5. The van der Waals surface area contributed by atoms with Crippen LogP contribution < -0.4 is 4.72 Å². The number of benzene rings is 1. The molecule has 0 aromatic heterocycles. The van der Waals surface area contributed by atoms with Crippen LogP contribution in [-0.2, 0) is 10.0 Å². The normalized spacial score (nSPS) is 12.0. The number of hydrogen-bond donors (Lipinski definition) is 1. The number of hydrogen-bond acceptors (Lipinski definition) is 3. The number of amides is 2. The highest BCUT2D eigenvalue weighted by molar-refractivity contribution is 7.90. The molecule has 0 aliphatic carbocycles. The van der Waals surface area contributed by atoms with E-state index in [0.717, 1.165) is 0 Å². The Balaban J connectivity index is 2.97. The summed E-state index contributed by atoms with van der Waals surface area (Å²) < 4.78 is 26.9. The van der Waals surface area contributed by atoms with E-state index in [1.54, 1.807) is 30.3 Å². The minimum absolute atomic E-state index is 0.220. The summed E-state index contributed by atoms with van der Waals surface area (Å²) in [4.78, 5) is 13.4. The quantitative estimate of drug-likeness (QED) is 0.749. The minimum atomic E-state index is -3.93. The van der Waals surface area contributed by atoms with E-state index in [9.17, 15) is 13.2 Å². The second-order valence-corrected chi connectivity index (χ2v) is 6.30. The van der Waals surface area contributed by atoms with Crippen LogP contribution in [0.25, 0.3) is 0 Å². The molecule has 118 valence electrons.